The Bertz CT molecular complexity index is 651. The van der Waals surface area contributed by atoms with E-state index in [1.54, 1.807) is 12.1 Å². The lowest BCUT2D eigenvalue weighted by Crippen LogP contribution is -2.29. The largest absolute Gasteiger partial charge is 0.459 e. The van der Waals surface area contributed by atoms with Crippen LogP contribution in [0.25, 0.3) is 0 Å². The Kier molecular flexibility index (Phi) is 3.83. The van der Waals surface area contributed by atoms with Gasteiger partial charge < -0.3 is 9.73 Å². The predicted octanol–water partition coefficient (Wildman–Crippen LogP) is 3.80. The zero-order valence-electron chi connectivity index (χ0n) is 11.4. The number of hydrogen-bond acceptors (Lipinski definition) is 2. The second-order valence-corrected chi connectivity index (χ2v) is 4.71. The van der Waals surface area contributed by atoms with Crippen molar-refractivity contribution < 1.29 is 9.21 Å². The average molecular weight is 277 g/mol. The van der Waals surface area contributed by atoms with Gasteiger partial charge in [-0.3, -0.25) is 4.79 Å². The summed E-state index contributed by atoms with van der Waals surface area (Å²) in [7, 11) is 0. The highest BCUT2D eigenvalue weighted by Crippen LogP contribution is 2.22. The van der Waals surface area contributed by atoms with Crippen LogP contribution in [0.1, 0.15) is 27.7 Å². The molecule has 0 radical (unpaired) electrons. The molecule has 0 aliphatic heterocycles. The third-order valence-corrected chi connectivity index (χ3v) is 3.29. The monoisotopic (exact) mass is 277 g/mol. The second kappa shape index (κ2) is 6.09. The van der Waals surface area contributed by atoms with Gasteiger partial charge in [-0.1, -0.05) is 60.7 Å². The molecule has 1 amide bonds. The van der Waals surface area contributed by atoms with Gasteiger partial charge in [0.2, 0.25) is 0 Å². The maximum absolute atomic E-state index is 12.3. The number of carbonyl (C=O) groups excluding carboxylic acids is 1. The summed E-state index contributed by atoms with van der Waals surface area (Å²) in [5.41, 5.74) is 2.06. The summed E-state index contributed by atoms with van der Waals surface area (Å²) in [4.78, 5) is 12.3. The van der Waals surface area contributed by atoms with Crippen LogP contribution in [0.4, 0.5) is 0 Å². The molecule has 21 heavy (non-hydrogen) atoms. The first kappa shape index (κ1) is 13.2. The number of furan rings is 1. The molecule has 3 heteroatoms. The number of benzene rings is 2. The van der Waals surface area contributed by atoms with Crippen LogP contribution in [0.5, 0.6) is 0 Å². The van der Waals surface area contributed by atoms with Crippen molar-refractivity contribution >= 4 is 5.91 Å². The van der Waals surface area contributed by atoms with E-state index >= 15 is 0 Å². The van der Waals surface area contributed by atoms with Gasteiger partial charge in [0.1, 0.15) is 0 Å². The van der Waals surface area contributed by atoms with Crippen LogP contribution in [0.15, 0.2) is 83.5 Å². The van der Waals surface area contributed by atoms with Gasteiger partial charge in [-0.25, -0.2) is 0 Å². The summed E-state index contributed by atoms with van der Waals surface area (Å²) in [5.74, 6) is 0.0876. The summed E-state index contributed by atoms with van der Waals surface area (Å²) in [5, 5.41) is 3.02. The van der Waals surface area contributed by atoms with E-state index in [9.17, 15) is 4.79 Å². The van der Waals surface area contributed by atoms with E-state index in [1.807, 2.05) is 60.7 Å². The van der Waals surface area contributed by atoms with Crippen molar-refractivity contribution in [2.75, 3.05) is 0 Å². The molecule has 104 valence electrons. The summed E-state index contributed by atoms with van der Waals surface area (Å²) < 4.78 is 5.16. The van der Waals surface area contributed by atoms with E-state index in [2.05, 4.69) is 5.32 Å². The zero-order valence-corrected chi connectivity index (χ0v) is 11.4. The highest BCUT2D eigenvalue weighted by molar-refractivity contribution is 5.91. The van der Waals surface area contributed by atoms with Gasteiger partial charge in [0, 0.05) is 0 Å². The van der Waals surface area contributed by atoms with Crippen molar-refractivity contribution in [3.05, 3.63) is 95.9 Å². The first-order valence-corrected chi connectivity index (χ1v) is 6.79. The van der Waals surface area contributed by atoms with Gasteiger partial charge in [-0.2, -0.15) is 0 Å². The third kappa shape index (κ3) is 3.03. The van der Waals surface area contributed by atoms with Crippen LogP contribution in [0.3, 0.4) is 0 Å². The Balaban J connectivity index is 1.92. The van der Waals surface area contributed by atoms with Gasteiger partial charge >= 0.3 is 0 Å². The number of hydrogen-bond donors (Lipinski definition) is 1. The summed E-state index contributed by atoms with van der Waals surface area (Å²) in [6.07, 6.45) is 1.49. The highest BCUT2D eigenvalue weighted by atomic mass is 16.3. The topological polar surface area (TPSA) is 42.2 Å². The Morgan fingerprint density at radius 3 is 1.86 bits per heavy atom. The summed E-state index contributed by atoms with van der Waals surface area (Å²) in [6.45, 7) is 0. The maximum atomic E-state index is 12.3. The van der Waals surface area contributed by atoms with Crippen LogP contribution >= 0.6 is 0 Å². The molecule has 0 saturated heterocycles. The highest BCUT2D eigenvalue weighted by Gasteiger charge is 2.18. The number of nitrogens with one attached hydrogen (secondary N) is 1. The molecule has 3 aromatic rings. The van der Waals surface area contributed by atoms with Crippen LogP contribution in [0.2, 0.25) is 0 Å². The van der Waals surface area contributed by atoms with Crippen LogP contribution in [-0.2, 0) is 0 Å². The molecule has 2 aromatic carbocycles. The SMILES string of the molecule is O=C(NC(c1ccccc1)c1ccccc1)c1ccco1. The summed E-state index contributed by atoms with van der Waals surface area (Å²) in [6, 6.07) is 22.9. The lowest BCUT2D eigenvalue weighted by atomic mass is 9.98. The molecule has 1 N–H and O–H groups in total. The minimum atomic E-state index is -0.224. The maximum Gasteiger partial charge on any atom is 0.287 e. The first-order valence-electron chi connectivity index (χ1n) is 6.79. The van der Waals surface area contributed by atoms with Gasteiger partial charge in [0.15, 0.2) is 5.76 Å². The molecule has 0 unspecified atom stereocenters. The van der Waals surface area contributed by atoms with Crippen LogP contribution in [0, 0.1) is 0 Å². The van der Waals surface area contributed by atoms with Crippen molar-refractivity contribution in [3.63, 3.8) is 0 Å². The molecule has 0 bridgehead atoms. The Morgan fingerprint density at radius 2 is 1.38 bits per heavy atom. The molecular formula is C18H15NO2. The standard InChI is InChI=1S/C18H15NO2/c20-18(16-12-7-13-21-16)19-17(14-8-3-1-4-9-14)15-10-5-2-6-11-15/h1-13,17H,(H,19,20). The molecule has 0 atom stereocenters. The fourth-order valence-electron chi connectivity index (χ4n) is 2.26. The molecule has 0 spiro atoms. The zero-order chi connectivity index (χ0) is 14.5. The van der Waals surface area contributed by atoms with Gasteiger partial charge in [0.25, 0.3) is 5.91 Å². The average Bonchev–Trinajstić information content (AvgIpc) is 3.09. The van der Waals surface area contributed by atoms with E-state index in [0.717, 1.165) is 11.1 Å². The minimum absolute atomic E-state index is 0.204. The van der Waals surface area contributed by atoms with Crippen LogP contribution < -0.4 is 5.32 Å². The van der Waals surface area contributed by atoms with Crippen molar-refractivity contribution in [3.8, 4) is 0 Å². The number of rotatable bonds is 4. The quantitative estimate of drug-likeness (QED) is 0.788. The normalized spacial score (nSPS) is 10.5. The molecular weight excluding hydrogens is 262 g/mol. The van der Waals surface area contributed by atoms with Gasteiger partial charge in [0.05, 0.1) is 12.3 Å². The van der Waals surface area contributed by atoms with Crippen LogP contribution in [-0.4, -0.2) is 5.91 Å². The molecule has 0 aliphatic rings. The molecule has 1 heterocycles. The fourth-order valence-corrected chi connectivity index (χ4v) is 2.26. The number of carbonyl (C=O) groups is 1. The molecule has 0 aliphatic carbocycles. The molecule has 1 aromatic heterocycles. The number of amides is 1. The Hall–Kier alpha value is -2.81. The molecule has 0 fully saturated rings. The lowest BCUT2D eigenvalue weighted by molar-refractivity contribution is 0.0915. The molecule has 0 saturated carbocycles. The van der Waals surface area contributed by atoms with E-state index < -0.39 is 0 Å². The Labute approximate surface area is 123 Å². The molecule has 3 nitrogen and oxygen atoms in total. The third-order valence-electron chi connectivity index (χ3n) is 3.29. The van der Waals surface area contributed by atoms with Gasteiger partial charge in [-0.05, 0) is 23.3 Å². The fraction of sp³-hybridized carbons (Fsp3) is 0.0556. The molecule has 3 rings (SSSR count). The van der Waals surface area contributed by atoms with Crippen molar-refractivity contribution in [2.45, 2.75) is 6.04 Å². The van der Waals surface area contributed by atoms with E-state index in [1.165, 1.54) is 6.26 Å². The summed E-state index contributed by atoms with van der Waals surface area (Å²) >= 11 is 0. The first-order chi connectivity index (χ1) is 10.3. The van der Waals surface area contributed by atoms with E-state index in [-0.39, 0.29) is 11.9 Å². The smallest absolute Gasteiger partial charge is 0.287 e. The predicted molar refractivity (Wildman–Crippen MR) is 80.9 cm³/mol. The second-order valence-electron chi connectivity index (χ2n) is 4.71. The Morgan fingerprint density at radius 1 is 0.810 bits per heavy atom. The van der Waals surface area contributed by atoms with E-state index in [4.69, 9.17) is 4.42 Å². The minimum Gasteiger partial charge on any atom is -0.459 e. The van der Waals surface area contributed by atoms with Gasteiger partial charge in [-0.15, -0.1) is 0 Å². The van der Waals surface area contributed by atoms with Crippen molar-refractivity contribution in [1.82, 2.24) is 5.32 Å². The van der Waals surface area contributed by atoms with E-state index in [0.29, 0.717) is 5.76 Å². The van der Waals surface area contributed by atoms with Crippen molar-refractivity contribution in [1.29, 1.82) is 0 Å². The lowest BCUT2D eigenvalue weighted by Gasteiger charge is -2.19. The van der Waals surface area contributed by atoms with Crippen molar-refractivity contribution in [2.24, 2.45) is 0 Å².